The van der Waals surface area contributed by atoms with Crippen molar-refractivity contribution in [1.29, 1.82) is 0 Å². The van der Waals surface area contributed by atoms with Crippen molar-refractivity contribution in [2.75, 3.05) is 28.5 Å². The van der Waals surface area contributed by atoms with Crippen LogP contribution in [0.25, 0.3) is 0 Å². The van der Waals surface area contributed by atoms with Crippen LogP contribution in [0.2, 0.25) is 5.02 Å². The lowest BCUT2D eigenvalue weighted by Gasteiger charge is -2.16. The molecule has 0 bridgehead atoms. The van der Waals surface area contributed by atoms with Gasteiger partial charge in [0.25, 0.3) is 5.91 Å². The van der Waals surface area contributed by atoms with Crippen LogP contribution in [0, 0.1) is 6.92 Å². The third-order valence-corrected chi connectivity index (χ3v) is 6.56. The van der Waals surface area contributed by atoms with Crippen molar-refractivity contribution in [1.82, 2.24) is 0 Å². The molecule has 0 unspecified atom stereocenters. The molecular weight excluding hydrogens is 404 g/mol. The quantitative estimate of drug-likeness (QED) is 0.748. The molecule has 0 saturated carbocycles. The second-order valence-electron chi connectivity index (χ2n) is 6.38. The molecule has 1 fully saturated rings. The van der Waals surface area contributed by atoms with Crippen LogP contribution in [-0.4, -0.2) is 39.2 Å². The van der Waals surface area contributed by atoms with Crippen LogP contribution in [0.3, 0.4) is 0 Å². The molecule has 0 spiro atoms. The number of nitrogens with one attached hydrogen (secondary N) is 1. The first kappa shape index (κ1) is 20.2. The first-order valence-electron chi connectivity index (χ1n) is 8.60. The fourth-order valence-electron chi connectivity index (χ4n) is 2.78. The summed E-state index contributed by atoms with van der Waals surface area (Å²) in [4.78, 5) is 24.0. The van der Waals surface area contributed by atoms with Crippen molar-refractivity contribution in [2.45, 2.75) is 13.3 Å². The average Bonchev–Trinajstić information content (AvgIpc) is 3.02. The third-order valence-electron chi connectivity index (χ3n) is 4.28. The monoisotopic (exact) mass is 422 g/mol. The molecule has 1 heterocycles. The summed E-state index contributed by atoms with van der Waals surface area (Å²) in [6.07, 6.45) is 0.577. The van der Waals surface area contributed by atoms with Gasteiger partial charge in [-0.25, -0.2) is 13.2 Å². The van der Waals surface area contributed by atoms with E-state index in [1.165, 1.54) is 16.4 Å². The summed E-state index contributed by atoms with van der Waals surface area (Å²) in [5, 5.41) is 3.12. The van der Waals surface area contributed by atoms with Crippen molar-refractivity contribution < 1.29 is 22.7 Å². The predicted molar refractivity (Wildman–Crippen MR) is 107 cm³/mol. The van der Waals surface area contributed by atoms with Gasteiger partial charge in [0.15, 0.2) is 6.61 Å². The lowest BCUT2D eigenvalue weighted by atomic mass is 10.2. The summed E-state index contributed by atoms with van der Waals surface area (Å²) in [5.74, 6) is -1.04. The van der Waals surface area contributed by atoms with Crippen LogP contribution >= 0.6 is 11.6 Å². The summed E-state index contributed by atoms with van der Waals surface area (Å²) < 4.78 is 30.2. The van der Waals surface area contributed by atoms with E-state index in [9.17, 15) is 18.0 Å². The lowest BCUT2D eigenvalue weighted by Crippen LogP contribution is -2.25. The number of anilines is 2. The van der Waals surface area contributed by atoms with Gasteiger partial charge < -0.3 is 10.1 Å². The van der Waals surface area contributed by atoms with E-state index in [2.05, 4.69) is 5.32 Å². The topological polar surface area (TPSA) is 92.8 Å². The number of amides is 1. The summed E-state index contributed by atoms with van der Waals surface area (Å²) in [7, 11) is -3.28. The molecule has 1 amide bonds. The molecule has 1 aliphatic rings. The van der Waals surface area contributed by atoms with Crippen LogP contribution in [0.15, 0.2) is 42.5 Å². The highest BCUT2D eigenvalue weighted by molar-refractivity contribution is 7.93. The molecule has 0 aromatic heterocycles. The molecule has 0 atom stereocenters. The number of carbonyl (C=O) groups is 2. The molecule has 0 aliphatic carbocycles. The second-order valence-corrected chi connectivity index (χ2v) is 8.80. The Hall–Kier alpha value is -2.58. The number of halogens is 1. The van der Waals surface area contributed by atoms with Gasteiger partial charge in [-0.1, -0.05) is 17.7 Å². The highest BCUT2D eigenvalue weighted by Gasteiger charge is 2.28. The van der Waals surface area contributed by atoms with Gasteiger partial charge in [-0.3, -0.25) is 9.10 Å². The predicted octanol–water partition coefficient (Wildman–Crippen LogP) is 2.98. The smallest absolute Gasteiger partial charge is 0.338 e. The maximum atomic E-state index is 12.1. The molecule has 0 radical (unpaired) electrons. The summed E-state index contributed by atoms with van der Waals surface area (Å²) in [5.41, 5.74) is 2.12. The number of ether oxygens (including phenoxy) is 1. The van der Waals surface area contributed by atoms with Gasteiger partial charge in [0.05, 0.1) is 17.0 Å². The number of carbonyl (C=O) groups excluding carboxylic acids is 2. The Labute approximate surface area is 168 Å². The lowest BCUT2D eigenvalue weighted by molar-refractivity contribution is -0.119. The van der Waals surface area contributed by atoms with Gasteiger partial charge in [-0.05, 0) is 55.3 Å². The Morgan fingerprint density at radius 1 is 1.18 bits per heavy atom. The van der Waals surface area contributed by atoms with Gasteiger partial charge in [-0.2, -0.15) is 0 Å². The first-order chi connectivity index (χ1) is 13.3. The van der Waals surface area contributed by atoms with Crippen molar-refractivity contribution in [3.05, 3.63) is 58.6 Å². The molecule has 28 heavy (non-hydrogen) atoms. The van der Waals surface area contributed by atoms with Crippen LogP contribution in [0.5, 0.6) is 0 Å². The van der Waals surface area contributed by atoms with E-state index in [4.69, 9.17) is 16.3 Å². The van der Waals surface area contributed by atoms with Crippen LogP contribution < -0.4 is 9.62 Å². The minimum atomic E-state index is -3.28. The molecule has 2 aromatic rings. The minimum absolute atomic E-state index is 0.123. The summed E-state index contributed by atoms with van der Waals surface area (Å²) in [6, 6.07) is 11.1. The minimum Gasteiger partial charge on any atom is -0.452 e. The molecular formula is C19H19ClN2O5S. The molecule has 1 aliphatic heterocycles. The van der Waals surface area contributed by atoms with Gasteiger partial charge in [0.2, 0.25) is 10.0 Å². The fourth-order valence-corrected chi connectivity index (χ4v) is 4.52. The van der Waals surface area contributed by atoms with Gasteiger partial charge in [0, 0.05) is 17.3 Å². The van der Waals surface area contributed by atoms with E-state index in [-0.39, 0.29) is 11.3 Å². The maximum Gasteiger partial charge on any atom is 0.338 e. The standard InChI is InChI=1S/C19H19ClN2O5S/c1-13-3-6-15(11-17(13)20)21-18(23)12-27-19(24)14-4-7-16(8-5-14)22-9-2-10-28(22,25)26/h3-8,11H,2,9-10,12H2,1H3,(H,21,23). The largest absolute Gasteiger partial charge is 0.452 e. The van der Waals surface area contributed by atoms with Crippen LogP contribution in [0.4, 0.5) is 11.4 Å². The first-order valence-corrected chi connectivity index (χ1v) is 10.6. The van der Waals surface area contributed by atoms with Crippen molar-refractivity contribution in [2.24, 2.45) is 0 Å². The molecule has 3 rings (SSSR count). The summed E-state index contributed by atoms with van der Waals surface area (Å²) >= 11 is 6.00. The second kappa shape index (κ2) is 8.20. The van der Waals surface area contributed by atoms with E-state index < -0.39 is 28.5 Å². The average molecular weight is 423 g/mol. The highest BCUT2D eigenvalue weighted by atomic mass is 35.5. The Kier molecular flexibility index (Phi) is 5.90. The van der Waals surface area contributed by atoms with Gasteiger partial charge >= 0.3 is 5.97 Å². The normalized spacial score (nSPS) is 15.3. The van der Waals surface area contributed by atoms with Crippen LogP contribution in [-0.2, 0) is 19.6 Å². The number of esters is 1. The van der Waals surface area contributed by atoms with Gasteiger partial charge in [0.1, 0.15) is 0 Å². The van der Waals surface area contributed by atoms with Crippen molar-refractivity contribution in [3.8, 4) is 0 Å². The van der Waals surface area contributed by atoms with Crippen LogP contribution in [0.1, 0.15) is 22.3 Å². The zero-order valence-corrected chi connectivity index (χ0v) is 16.7. The summed E-state index contributed by atoms with van der Waals surface area (Å²) in [6.45, 7) is 1.82. The number of rotatable bonds is 5. The van der Waals surface area contributed by atoms with E-state index >= 15 is 0 Å². The van der Waals surface area contributed by atoms with E-state index in [1.54, 1.807) is 30.3 Å². The molecule has 1 N–H and O–H groups in total. The SMILES string of the molecule is Cc1ccc(NC(=O)COC(=O)c2ccc(N3CCCS3(=O)=O)cc2)cc1Cl. The Balaban J connectivity index is 1.56. The molecule has 9 heteroatoms. The molecule has 148 valence electrons. The zero-order valence-electron chi connectivity index (χ0n) is 15.1. The maximum absolute atomic E-state index is 12.1. The molecule has 7 nitrogen and oxygen atoms in total. The Bertz CT molecular complexity index is 1010. The Morgan fingerprint density at radius 3 is 2.50 bits per heavy atom. The van der Waals surface area contributed by atoms with E-state index in [0.717, 1.165) is 5.56 Å². The molecule has 2 aromatic carbocycles. The third kappa shape index (κ3) is 4.63. The number of benzene rings is 2. The zero-order chi connectivity index (χ0) is 20.3. The van der Waals surface area contributed by atoms with Crippen molar-refractivity contribution >= 4 is 44.9 Å². The van der Waals surface area contributed by atoms with Crippen molar-refractivity contribution in [3.63, 3.8) is 0 Å². The van der Waals surface area contributed by atoms with Gasteiger partial charge in [-0.15, -0.1) is 0 Å². The van der Waals surface area contributed by atoms with E-state index in [1.807, 2.05) is 6.92 Å². The van der Waals surface area contributed by atoms with E-state index in [0.29, 0.717) is 29.4 Å². The highest BCUT2D eigenvalue weighted by Crippen LogP contribution is 2.24. The number of aryl methyl sites for hydroxylation is 1. The fraction of sp³-hybridized carbons (Fsp3) is 0.263. The molecule has 1 saturated heterocycles. The Morgan fingerprint density at radius 2 is 1.89 bits per heavy atom. The number of hydrogen-bond donors (Lipinski definition) is 1. The number of sulfonamides is 1. The number of nitrogens with zero attached hydrogens (tertiary/aromatic N) is 1. The number of hydrogen-bond acceptors (Lipinski definition) is 5.